The van der Waals surface area contributed by atoms with Crippen LogP contribution in [0.25, 0.3) is 11.4 Å². The predicted octanol–water partition coefficient (Wildman–Crippen LogP) is 3.66. The Kier molecular flexibility index (Phi) is 4.57. The van der Waals surface area contributed by atoms with Crippen molar-refractivity contribution < 1.29 is 13.2 Å². The third kappa shape index (κ3) is 4.01. The molecule has 0 atom stereocenters. The van der Waals surface area contributed by atoms with Gasteiger partial charge in [-0.2, -0.15) is 13.2 Å². The molecule has 0 saturated carbocycles. The summed E-state index contributed by atoms with van der Waals surface area (Å²) < 4.78 is 39.1. The minimum atomic E-state index is -4.42. The molecule has 0 aliphatic heterocycles. The van der Waals surface area contributed by atoms with E-state index in [9.17, 15) is 13.2 Å². The minimum absolute atomic E-state index is 0.00334. The Balaban J connectivity index is 2.37. The monoisotopic (exact) mass is 295 g/mol. The number of hydrogen-bond donors (Lipinski definition) is 1. The van der Waals surface area contributed by atoms with Crippen LogP contribution in [0.5, 0.6) is 0 Å². The number of hydrogen-bond acceptors (Lipinski definition) is 3. The van der Waals surface area contributed by atoms with Crippen molar-refractivity contribution in [2.75, 3.05) is 0 Å². The Morgan fingerprint density at radius 1 is 1.14 bits per heavy atom. The summed E-state index contributed by atoms with van der Waals surface area (Å²) in [6.07, 6.45) is -2.95. The fourth-order valence-corrected chi connectivity index (χ4v) is 1.86. The van der Waals surface area contributed by atoms with Crippen LogP contribution in [-0.4, -0.2) is 16.0 Å². The maximum atomic E-state index is 13.0. The summed E-state index contributed by atoms with van der Waals surface area (Å²) in [5.41, 5.74) is -0.0685. The van der Waals surface area contributed by atoms with Crippen molar-refractivity contribution in [3.8, 4) is 11.4 Å². The van der Waals surface area contributed by atoms with Gasteiger partial charge in [-0.15, -0.1) is 0 Å². The highest BCUT2D eigenvalue weighted by atomic mass is 19.4. The molecule has 112 valence electrons. The molecule has 1 N–H and O–H groups in total. The van der Waals surface area contributed by atoms with Gasteiger partial charge in [0.25, 0.3) is 0 Å². The molecule has 0 amide bonds. The van der Waals surface area contributed by atoms with E-state index in [2.05, 4.69) is 15.3 Å². The number of rotatable bonds is 4. The van der Waals surface area contributed by atoms with E-state index in [1.165, 1.54) is 18.3 Å². The Morgan fingerprint density at radius 3 is 2.52 bits per heavy atom. The van der Waals surface area contributed by atoms with Gasteiger partial charge in [0.1, 0.15) is 0 Å². The van der Waals surface area contributed by atoms with E-state index in [-0.39, 0.29) is 17.4 Å². The molecular formula is C15H16F3N3. The summed E-state index contributed by atoms with van der Waals surface area (Å²) >= 11 is 0. The molecule has 0 unspecified atom stereocenters. The van der Waals surface area contributed by atoms with Gasteiger partial charge in [-0.25, -0.2) is 9.97 Å². The molecule has 0 fully saturated rings. The van der Waals surface area contributed by atoms with Crippen molar-refractivity contribution in [1.29, 1.82) is 0 Å². The first-order chi connectivity index (χ1) is 9.88. The third-order valence-electron chi connectivity index (χ3n) is 2.88. The minimum Gasteiger partial charge on any atom is -0.309 e. The van der Waals surface area contributed by atoms with Crippen LogP contribution in [0.4, 0.5) is 13.2 Å². The lowest BCUT2D eigenvalue weighted by atomic mass is 10.1. The third-order valence-corrected chi connectivity index (χ3v) is 2.88. The second kappa shape index (κ2) is 6.22. The standard InChI is InChI=1S/C15H16F3N3/c1-10(2)20-9-11-7-8-19-14(21-11)12-5-3-4-6-13(12)15(16,17)18/h3-8,10,20H,9H2,1-2H3. The zero-order valence-corrected chi connectivity index (χ0v) is 11.8. The van der Waals surface area contributed by atoms with E-state index >= 15 is 0 Å². The quantitative estimate of drug-likeness (QED) is 0.935. The summed E-state index contributed by atoms with van der Waals surface area (Å²) in [5.74, 6) is 0.0889. The molecule has 1 aromatic carbocycles. The largest absolute Gasteiger partial charge is 0.417 e. The van der Waals surface area contributed by atoms with E-state index in [1.807, 2.05) is 13.8 Å². The number of alkyl halides is 3. The van der Waals surface area contributed by atoms with E-state index in [0.717, 1.165) is 6.07 Å². The summed E-state index contributed by atoms with van der Waals surface area (Å²) in [7, 11) is 0. The molecule has 21 heavy (non-hydrogen) atoms. The fourth-order valence-electron chi connectivity index (χ4n) is 1.86. The first kappa shape index (κ1) is 15.4. The molecular weight excluding hydrogens is 279 g/mol. The molecule has 0 aliphatic carbocycles. The van der Waals surface area contributed by atoms with Gasteiger partial charge < -0.3 is 5.32 Å². The fraction of sp³-hybridized carbons (Fsp3) is 0.333. The maximum Gasteiger partial charge on any atom is 0.417 e. The predicted molar refractivity (Wildman–Crippen MR) is 74.4 cm³/mol. The van der Waals surface area contributed by atoms with Crippen molar-refractivity contribution in [3.63, 3.8) is 0 Å². The summed E-state index contributed by atoms with van der Waals surface area (Å²) in [5, 5.41) is 3.17. The van der Waals surface area contributed by atoms with Crippen LogP contribution in [0.2, 0.25) is 0 Å². The van der Waals surface area contributed by atoms with Crippen LogP contribution in [0, 0.1) is 0 Å². The van der Waals surface area contributed by atoms with E-state index in [1.54, 1.807) is 12.1 Å². The Bertz CT molecular complexity index is 609. The SMILES string of the molecule is CC(C)NCc1ccnc(-c2ccccc2C(F)(F)F)n1. The highest BCUT2D eigenvalue weighted by molar-refractivity contribution is 5.61. The number of nitrogens with zero attached hydrogens (tertiary/aromatic N) is 2. The highest BCUT2D eigenvalue weighted by Gasteiger charge is 2.33. The normalized spacial score (nSPS) is 11.9. The van der Waals surface area contributed by atoms with Crippen LogP contribution in [0.1, 0.15) is 25.1 Å². The average molecular weight is 295 g/mol. The van der Waals surface area contributed by atoms with Crippen LogP contribution in [0.3, 0.4) is 0 Å². The summed E-state index contributed by atoms with van der Waals surface area (Å²) in [4.78, 5) is 8.19. The number of aromatic nitrogens is 2. The van der Waals surface area contributed by atoms with Gasteiger partial charge in [0.15, 0.2) is 5.82 Å². The van der Waals surface area contributed by atoms with Gasteiger partial charge in [-0.05, 0) is 12.1 Å². The zero-order valence-electron chi connectivity index (χ0n) is 11.8. The van der Waals surface area contributed by atoms with Crippen LogP contribution >= 0.6 is 0 Å². The first-order valence-corrected chi connectivity index (χ1v) is 6.60. The average Bonchev–Trinajstić information content (AvgIpc) is 2.44. The molecule has 0 radical (unpaired) electrons. The Morgan fingerprint density at radius 2 is 1.86 bits per heavy atom. The van der Waals surface area contributed by atoms with E-state index in [4.69, 9.17) is 0 Å². The second-order valence-corrected chi connectivity index (χ2v) is 4.95. The van der Waals surface area contributed by atoms with Crippen molar-refractivity contribution in [3.05, 3.63) is 47.8 Å². The topological polar surface area (TPSA) is 37.8 Å². The molecule has 0 aliphatic rings. The zero-order chi connectivity index (χ0) is 15.5. The molecule has 3 nitrogen and oxygen atoms in total. The van der Waals surface area contributed by atoms with Gasteiger partial charge in [0.05, 0.1) is 11.3 Å². The van der Waals surface area contributed by atoms with Crippen LogP contribution in [0.15, 0.2) is 36.5 Å². The molecule has 0 bridgehead atoms. The molecule has 2 rings (SSSR count). The molecule has 0 saturated heterocycles. The molecule has 0 spiro atoms. The number of halogens is 3. The van der Waals surface area contributed by atoms with Crippen molar-refractivity contribution in [2.45, 2.75) is 32.6 Å². The van der Waals surface area contributed by atoms with E-state index in [0.29, 0.717) is 12.2 Å². The Hall–Kier alpha value is -1.95. The molecule has 1 aromatic heterocycles. The Labute approximate surface area is 121 Å². The van der Waals surface area contributed by atoms with Crippen molar-refractivity contribution in [2.24, 2.45) is 0 Å². The number of benzene rings is 1. The summed E-state index contributed by atoms with van der Waals surface area (Å²) in [6, 6.07) is 7.29. The molecule has 2 aromatic rings. The number of nitrogens with one attached hydrogen (secondary N) is 1. The van der Waals surface area contributed by atoms with Gasteiger partial charge >= 0.3 is 6.18 Å². The van der Waals surface area contributed by atoms with Gasteiger partial charge in [-0.1, -0.05) is 32.0 Å². The maximum absolute atomic E-state index is 13.0. The van der Waals surface area contributed by atoms with Crippen LogP contribution in [-0.2, 0) is 12.7 Å². The first-order valence-electron chi connectivity index (χ1n) is 6.60. The molecule has 6 heteroatoms. The molecule has 1 heterocycles. The van der Waals surface area contributed by atoms with Crippen molar-refractivity contribution >= 4 is 0 Å². The lowest BCUT2D eigenvalue weighted by Crippen LogP contribution is -2.22. The summed E-state index contributed by atoms with van der Waals surface area (Å²) in [6.45, 7) is 4.46. The van der Waals surface area contributed by atoms with Crippen LogP contribution < -0.4 is 5.32 Å². The lowest BCUT2D eigenvalue weighted by Gasteiger charge is -2.12. The van der Waals surface area contributed by atoms with Gasteiger partial charge in [0, 0.05) is 24.3 Å². The van der Waals surface area contributed by atoms with Gasteiger partial charge in [0.2, 0.25) is 0 Å². The second-order valence-electron chi connectivity index (χ2n) is 4.95. The lowest BCUT2D eigenvalue weighted by molar-refractivity contribution is -0.137. The smallest absolute Gasteiger partial charge is 0.309 e. The highest BCUT2D eigenvalue weighted by Crippen LogP contribution is 2.35. The van der Waals surface area contributed by atoms with Gasteiger partial charge in [-0.3, -0.25) is 0 Å². The van der Waals surface area contributed by atoms with Crippen molar-refractivity contribution in [1.82, 2.24) is 15.3 Å². The van der Waals surface area contributed by atoms with E-state index < -0.39 is 11.7 Å².